The number of nitrogens with one attached hydrogen (secondary N) is 1. The highest BCUT2D eigenvalue weighted by atomic mass is 35.5. The lowest BCUT2D eigenvalue weighted by Gasteiger charge is -2.25. The number of likely N-dealkylation sites (N-methyl/N-ethyl adjacent to an activating group) is 1. The van der Waals surface area contributed by atoms with Crippen LogP contribution in [0.1, 0.15) is 43.5 Å². The van der Waals surface area contributed by atoms with Gasteiger partial charge in [-0.3, -0.25) is 4.79 Å². The van der Waals surface area contributed by atoms with Crippen molar-refractivity contribution in [2.75, 3.05) is 38.1 Å². The molecule has 1 unspecified atom stereocenters. The number of nitrogens with zero attached hydrogens (tertiary/aromatic N) is 3. The standard InChI is InChI=1S/C17H28N4O.2ClH/c1-4-10-20(5-2)16-9-8-14(12-19-16)17(22)21-11-6-7-15(21)13-18-3;;/h8-9,12,15,18H,4-7,10-11,13H2,1-3H3;2*1H. The number of carbonyl (C=O) groups is 1. The quantitative estimate of drug-likeness (QED) is 0.794. The highest BCUT2D eigenvalue weighted by Crippen LogP contribution is 2.20. The first kappa shape index (κ1) is 23.0. The summed E-state index contributed by atoms with van der Waals surface area (Å²) in [4.78, 5) is 21.4. The van der Waals surface area contributed by atoms with Crippen molar-refractivity contribution in [2.45, 2.75) is 39.2 Å². The van der Waals surface area contributed by atoms with Crippen LogP contribution in [0.5, 0.6) is 0 Å². The van der Waals surface area contributed by atoms with Crippen LogP contribution >= 0.6 is 24.8 Å². The number of halogens is 2. The Morgan fingerprint density at radius 1 is 1.38 bits per heavy atom. The Balaban J connectivity index is 0.00000264. The van der Waals surface area contributed by atoms with Gasteiger partial charge in [-0.2, -0.15) is 0 Å². The third kappa shape index (κ3) is 5.50. The van der Waals surface area contributed by atoms with Crippen LogP contribution in [0.2, 0.25) is 0 Å². The topological polar surface area (TPSA) is 48.5 Å². The van der Waals surface area contributed by atoms with Gasteiger partial charge in [-0.25, -0.2) is 4.98 Å². The number of amides is 1. The molecule has 1 aliphatic rings. The highest BCUT2D eigenvalue weighted by molar-refractivity contribution is 5.94. The van der Waals surface area contributed by atoms with E-state index in [1.54, 1.807) is 6.20 Å². The lowest BCUT2D eigenvalue weighted by atomic mass is 10.2. The van der Waals surface area contributed by atoms with Gasteiger partial charge in [0.2, 0.25) is 0 Å². The van der Waals surface area contributed by atoms with Crippen molar-refractivity contribution in [3.8, 4) is 0 Å². The van der Waals surface area contributed by atoms with Crippen LogP contribution in [0.25, 0.3) is 0 Å². The van der Waals surface area contributed by atoms with Crippen LogP contribution in [0, 0.1) is 0 Å². The molecule has 5 nitrogen and oxygen atoms in total. The second-order valence-electron chi connectivity index (χ2n) is 5.84. The van der Waals surface area contributed by atoms with Crippen molar-refractivity contribution >= 4 is 36.5 Å². The maximum Gasteiger partial charge on any atom is 0.255 e. The second-order valence-corrected chi connectivity index (χ2v) is 5.84. The van der Waals surface area contributed by atoms with Gasteiger partial charge in [0.05, 0.1) is 5.56 Å². The Morgan fingerprint density at radius 2 is 2.12 bits per heavy atom. The van der Waals surface area contributed by atoms with Gasteiger partial charge < -0.3 is 15.1 Å². The average molecular weight is 377 g/mol. The number of rotatable bonds is 7. The Hall–Kier alpha value is -1.04. The number of anilines is 1. The SMILES string of the molecule is CCCN(CC)c1ccc(C(=O)N2CCCC2CNC)cn1.Cl.Cl. The number of hydrogen-bond donors (Lipinski definition) is 1. The smallest absolute Gasteiger partial charge is 0.255 e. The fraction of sp³-hybridized carbons (Fsp3) is 0.647. The molecule has 0 aliphatic carbocycles. The predicted octanol–water partition coefficient (Wildman–Crippen LogP) is 2.99. The minimum absolute atomic E-state index is 0. The van der Waals surface area contributed by atoms with E-state index >= 15 is 0 Å². The first-order valence-electron chi connectivity index (χ1n) is 8.37. The van der Waals surface area contributed by atoms with Crippen molar-refractivity contribution in [1.29, 1.82) is 0 Å². The second kappa shape index (κ2) is 11.5. The molecule has 1 atom stereocenters. The Labute approximate surface area is 158 Å². The lowest BCUT2D eigenvalue weighted by molar-refractivity contribution is 0.0736. The molecule has 2 heterocycles. The van der Waals surface area contributed by atoms with Crippen LogP contribution < -0.4 is 10.2 Å². The fourth-order valence-electron chi connectivity index (χ4n) is 3.12. The highest BCUT2D eigenvalue weighted by Gasteiger charge is 2.28. The molecule has 1 saturated heterocycles. The molecule has 138 valence electrons. The molecule has 2 rings (SSSR count). The number of carbonyl (C=O) groups excluding carboxylic acids is 1. The predicted molar refractivity (Wildman–Crippen MR) is 105 cm³/mol. The van der Waals surface area contributed by atoms with Crippen LogP contribution in [0.4, 0.5) is 5.82 Å². The Bertz CT molecular complexity index is 484. The molecule has 1 aromatic rings. The normalized spacial score (nSPS) is 16.3. The number of likely N-dealkylation sites (tertiary alicyclic amines) is 1. The van der Waals surface area contributed by atoms with Crippen molar-refractivity contribution in [3.63, 3.8) is 0 Å². The van der Waals surface area contributed by atoms with Crippen molar-refractivity contribution < 1.29 is 4.79 Å². The summed E-state index contributed by atoms with van der Waals surface area (Å²) in [6.45, 7) is 7.93. The van der Waals surface area contributed by atoms with Crippen molar-refractivity contribution in [1.82, 2.24) is 15.2 Å². The van der Waals surface area contributed by atoms with E-state index in [0.29, 0.717) is 11.6 Å². The van der Waals surface area contributed by atoms with E-state index in [1.165, 1.54) is 0 Å². The van der Waals surface area contributed by atoms with Gasteiger partial charge in [0.1, 0.15) is 5.82 Å². The molecule has 0 spiro atoms. The molecular weight excluding hydrogens is 347 g/mol. The largest absolute Gasteiger partial charge is 0.357 e. The summed E-state index contributed by atoms with van der Waals surface area (Å²) < 4.78 is 0. The molecule has 1 amide bonds. The van der Waals surface area contributed by atoms with Gasteiger partial charge in [0, 0.05) is 38.4 Å². The molecule has 1 aliphatic heterocycles. The summed E-state index contributed by atoms with van der Waals surface area (Å²) >= 11 is 0. The number of hydrogen-bond acceptors (Lipinski definition) is 4. The summed E-state index contributed by atoms with van der Waals surface area (Å²) in [5.74, 6) is 1.06. The molecule has 1 fully saturated rings. The molecule has 7 heteroatoms. The molecule has 0 radical (unpaired) electrons. The van der Waals surface area contributed by atoms with E-state index in [-0.39, 0.29) is 30.7 Å². The molecule has 0 aromatic carbocycles. The van der Waals surface area contributed by atoms with Gasteiger partial charge in [-0.1, -0.05) is 6.92 Å². The summed E-state index contributed by atoms with van der Waals surface area (Å²) in [5.41, 5.74) is 0.694. The molecule has 0 bridgehead atoms. The third-order valence-electron chi connectivity index (χ3n) is 4.27. The molecule has 1 N–H and O–H groups in total. The van der Waals surface area contributed by atoms with Gasteiger partial charge in [-0.05, 0) is 45.4 Å². The fourth-order valence-corrected chi connectivity index (χ4v) is 3.12. The van der Waals surface area contributed by atoms with Crippen molar-refractivity contribution in [3.05, 3.63) is 23.9 Å². The van der Waals surface area contributed by atoms with E-state index in [2.05, 4.69) is 29.0 Å². The maximum atomic E-state index is 12.7. The monoisotopic (exact) mass is 376 g/mol. The summed E-state index contributed by atoms with van der Waals surface area (Å²) in [7, 11) is 1.93. The number of aromatic nitrogens is 1. The zero-order valence-corrected chi connectivity index (χ0v) is 16.5. The summed E-state index contributed by atoms with van der Waals surface area (Å²) in [6, 6.07) is 4.19. The van der Waals surface area contributed by atoms with Gasteiger partial charge in [0.15, 0.2) is 0 Å². The first-order chi connectivity index (χ1) is 10.7. The van der Waals surface area contributed by atoms with Crippen LogP contribution in [-0.2, 0) is 0 Å². The van der Waals surface area contributed by atoms with E-state index in [4.69, 9.17) is 0 Å². The summed E-state index contributed by atoms with van der Waals surface area (Å²) in [5, 5.41) is 3.18. The van der Waals surface area contributed by atoms with Crippen molar-refractivity contribution in [2.24, 2.45) is 0 Å². The van der Waals surface area contributed by atoms with E-state index in [0.717, 1.165) is 51.3 Å². The van der Waals surface area contributed by atoms with Gasteiger partial charge in [0.25, 0.3) is 5.91 Å². The van der Waals surface area contributed by atoms with Crippen LogP contribution in [-0.4, -0.2) is 55.1 Å². The molecular formula is C17H30Cl2N4O. The van der Waals surface area contributed by atoms with Gasteiger partial charge >= 0.3 is 0 Å². The minimum atomic E-state index is 0. The van der Waals surface area contributed by atoms with Crippen LogP contribution in [0.15, 0.2) is 18.3 Å². The molecule has 24 heavy (non-hydrogen) atoms. The lowest BCUT2D eigenvalue weighted by Crippen LogP contribution is -2.40. The Morgan fingerprint density at radius 3 is 2.67 bits per heavy atom. The first-order valence-corrected chi connectivity index (χ1v) is 8.37. The zero-order valence-electron chi connectivity index (χ0n) is 14.8. The minimum Gasteiger partial charge on any atom is -0.357 e. The van der Waals surface area contributed by atoms with E-state index in [9.17, 15) is 4.79 Å². The van der Waals surface area contributed by atoms with Gasteiger partial charge in [-0.15, -0.1) is 24.8 Å². The van der Waals surface area contributed by atoms with Crippen LogP contribution in [0.3, 0.4) is 0 Å². The Kier molecular flexibility index (Phi) is 11.0. The molecule has 1 aromatic heterocycles. The maximum absolute atomic E-state index is 12.7. The van der Waals surface area contributed by atoms with E-state index < -0.39 is 0 Å². The average Bonchev–Trinajstić information content (AvgIpc) is 3.01. The number of pyridine rings is 1. The molecule has 0 saturated carbocycles. The van der Waals surface area contributed by atoms with E-state index in [1.807, 2.05) is 24.1 Å². The zero-order chi connectivity index (χ0) is 15.9. The third-order valence-corrected chi connectivity index (χ3v) is 4.27. The summed E-state index contributed by atoms with van der Waals surface area (Å²) in [6.07, 6.45) is 4.99.